The summed E-state index contributed by atoms with van der Waals surface area (Å²) in [7, 11) is 0. The van der Waals surface area contributed by atoms with E-state index in [2.05, 4.69) is 35.7 Å². The highest BCUT2D eigenvalue weighted by molar-refractivity contribution is 4.98. The largest absolute Gasteiger partial charge is 0.386 e. The van der Waals surface area contributed by atoms with Crippen LogP contribution < -0.4 is 38.9 Å². The molecule has 15 heavy (non-hydrogen) atoms. The summed E-state index contributed by atoms with van der Waals surface area (Å²) in [5.74, 6) is 1.32. The zero-order chi connectivity index (χ0) is 12.3. The topological polar surface area (TPSA) is 140 Å². The molecule has 88 valence electrons. The Morgan fingerprint density at radius 2 is 1.33 bits per heavy atom. The van der Waals surface area contributed by atoms with Gasteiger partial charge in [-0.1, -0.05) is 19.7 Å². The monoisotopic (exact) mass is 215 g/mol. The fourth-order valence-electron chi connectivity index (χ4n) is 0.492. The second-order valence-corrected chi connectivity index (χ2v) is 2.42. The van der Waals surface area contributed by atoms with Crippen molar-refractivity contribution in [1.29, 1.82) is 0 Å². The van der Waals surface area contributed by atoms with Crippen LogP contribution in [0, 0.1) is 0 Å². The lowest BCUT2D eigenvalue weighted by molar-refractivity contribution is 0.751. The average Bonchev–Trinajstić information content (AvgIpc) is 2.03. The van der Waals surface area contributed by atoms with Gasteiger partial charge in [0.05, 0.1) is 30.8 Å². The third-order valence-electron chi connectivity index (χ3n) is 0.956. The van der Waals surface area contributed by atoms with Crippen LogP contribution in [0.25, 0.3) is 0 Å². The van der Waals surface area contributed by atoms with E-state index in [1.54, 1.807) is 0 Å². The van der Waals surface area contributed by atoms with Crippen molar-refractivity contribution < 1.29 is 0 Å². The lowest BCUT2D eigenvalue weighted by Gasteiger charge is -2.08. The fraction of sp³-hybridized carbons (Fsp3) is 0.250. The lowest BCUT2D eigenvalue weighted by Crippen LogP contribution is -2.31. The molecule has 0 heterocycles. The summed E-state index contributed by atoms with van der Waals surface area (Å²) in [5.41, 5.74) is 20.3. The van der Waals surface area contributed by atoms with Crippen LogP contribution in [0.1, 0.15) is 0 Å². The molecule has 0 atom stereocenters. The standard InChI is InChI=1S/C5H12N4.C3H9N3/c1-4(7)9-5(2)8-3-6;1-3(5)6-2-4/h8-9H,1-3,6-7H2;6H,1-2,4-5H2. The first-order chi connectivity index (χ1) is 6.93. The second kappa shape index (κ2) is 10.2. The Morgan fingerprint density at radius 3 is 1.53 bits per heavy atom. The van der Waals surface area contributed by atoms with Gasteiger partial charge in [-0.3, -0.25) is 0 Å². The highest BCUT2D eigenvalue weighted by Gasteiger charge is 1.86. The van der Waals surface area contributed by atoms with Gasteiger partial charge in [0.15, 0.2) is 0 Å². The molecule has 0 spiro atoms. The third-order valence-corrected chi connectivity index (χ3v) is 0.956. The minimum absolute atomic E-state index is 0.332. The van der Waals surface area contributed by atoms with Crippen molar-refractivity contribution in [2.75, 3.05) is 13.3 Å². The highest BCUT2D eigenvalue weighted by atomic mass is 15.1. The van der Waals surface area contributed by atoms with Gasteiger partial charge in [-0.2, -0.15) is 0 Å². The maximum atomic E-state index is 5.18. The molecule has 0 saturated heterocycles. The van der Waals surface area contributed by atoms with Crippen molar-refractivity contribution in [2.24, 2.45) is 22.9 Å². The van der Waals surface area contributed by atoms with Gasteiger partial charge in [0, 0.05) is 0 Å². The Bertz CT molecular complexity index is 211. The summed E-state index contributed by atoms with van der Waals surface area (Å²) in [6, 6.07) is 0. The average molecular weight is 215 g/mol. The number of nitrogens with one attached hydrogen (secondary N) is 3. The maximum Gasteiger partial charge on any atom is 0.0977 e. The van der Waals surface area contributed by atoms with Crippen LogP contribution in [0.4, 0.5) is 0 Å². The number of nitrogens with two attached hydrogens (primary N) is 4. The van der Waals surface area contributed by atoms with Gasteiger partial charge in [0.2, 0.25) is 0 Å². The van der Waals surface area contributed by atoms with Crippen molar-refractivity contribution >= 4 is 0 Å². The Balaban J connectivity index is 0. The fourth-order valence-corrected chi connectivity index (χ4v) is 0.492. The van der Waals surface area contributed by atoms with Crippen LogP contribution in [-0.4, -0.2) is 13.3 Å². The van der Waals surface area contributed by atoms with Crippen LogP contribution >= 0.6 is 0 Å². The summed E-state index contributed by atoms with van der Waals surface area (Å²) >= 11 is 0. The van der Waals surface area contributed by atoms with Crippen LogP contribution in [-0.2, 0) is 0 Å². The smallest absolute Gasteiger partial charge is 0.0977 e. The molecule has 0 aromatic carbocycles. The normalized spacial score (nSPS) is 7.87. The summed E-state index contributed by atoms with van der Waals surface area (Å²) < 4.78 is 0. The van der Waals surface area contributed by atoms with Gasteiger partial charge in [-0.15, -0.1) is 0 Å². The molecule has 0 unspecified atom stereocenters. The summed E-state index contributed by atoms with van der Waals surface area (Å²) in [4.78, 5) is 0. The molecule has 0 aliphatic rings. The predicted octanol–water partition coefficient (Wildman–Crippen LogP) is -2.09. The first-order valence-corrected chi connectivity index (χ1v) is 4.16. The van der Waals surface area contributed by atoms with Crippen molar-refractivity contribution in [3.63, 3.8) is 0 Å². The predicted molar refractivity (Wildman–Crippen MR) is 63.3 cm³/mol. The molecule has 7 heteroatoms. The summed E-state index contributed by atoms with van der Waals surface area (Å²) in [6.07, 6.45) is 0. The van der Waals surface area contributed by atoms with E-state index in [0.29, 0.717) is 30.8 Å². The molecular weight excluding hydrogens is 194 g/mol. The van der Waals surface area contributed by atoms with E-state index in [0.717, 1.165) is 0 Å². The molecule has 0 radical (unpaired) electrons. The molecule has 7 nitrogen and oxygen atoms in total. The van der Waals surface area contributed by atoms with E-state index in [-0.39, 0.29) is 0 Å². The summed E-state index contributed by atoms with van der Waals surface area (Å²) in [6.45, 7) is 11.0. The molecule has 0 aliphatic heterocycles. The molecule has 0 saturated carbocycles. The third kappa shape index (κ3) is 18.8. The molecule has 0 bridgehead atoms. The quantitative estimate of drug-likeness (QED) is 0.252. The molecule has 0 aromatic rings. The van der Waals surface area contributed by atoms with E-state index in [4.69, 9.17) is 22.9 Å². The molecule has 0 aromatic heterocycles. The van der Waals surface area contributed by atoms with E-state index >= 15 is 0 Å². The van der Waals surface area contributed by atoms with E-state index < -0.39 is 0 Å². The zero-order valence-electron chi connectivity index (χ0n) is 8.84. The Labute approximate surface area is 90.2 Å². The first kappa shape index (κ1) is 15.6. The van der Waals surface area contributed by atoms with Gasteiger partial charge in [0.1, 0.15) is 0 Å². The van der Waals surface area contributed by atoms with Crippen molar-refractivity contribution in [3.8, 4) is 0 Å². The molecule has 11 N–H and O–H groups in total. The van der Waals surface area contributed by atoms with Gasteiger partial charge in [-0.05, 0) is 0 Å². The highest BCUT2D eigenvalue weighted by Crippen LogP contribution is 1.75. The van der Waals surface area contributed by atoms with Gasteiger partial charge in [0.25, 0.3) is 0 Å². The molecule has 0 aliphatic carbocycles. The minimum Gasteiger partial charge on any atom is -0.386 e. The molecule has 0 amide bonds. The van der Waals surface area contributed by atoms with Crippen LogP contribution in [0.15, 0.2) is 37.2 Å². The Hall–Kier alpha value is -1.86. The minimum atomic E-state index is 0.332. The molecule has 0 fully saturated rings. The number of rotatable bonds is 6. The zero-order valence-corrected chi connectivity index (χ0v) is 8.84. The van der Waals surface area contributed by atoms with Crippen LogP contribution in [0.3, 0.4) is 0 Å². The molecular formula is C8H21N7. The Kier molecular flexibility index (Phi) is 10.6. The van der Waals surface area contributed by atoms with Crippen molar-refractivity contribution in [1.82, 2.24) is 16.0 Å². The van der Waals surface area contributed by atoms with Crippen LogP contribution in [0.2, 0.25) is 0 Å². The maximum absolute atomic E-state index is 5.18. The van der Waals surface area contributed by atoms with E-state index in [1.807, 2.05) is 0 Å². The van der Waals surface area contributed by atoms with Crippen molar-refractivity contribution in [3.05, 3.63) is 37.2 Å². The van der Waals surface area contributed by atoms with Gasteiger partial charge >= 0.3 is 0 Å². The first-order valence-electron chi connectivity index (χ1n) is 4.16. The van der Waals surface area contributed by atoms with Crippen molar-refractivity contribution in [2.45, 2.75) is 0 Å². The van der Waals surface area contributed by atoms with E-state index in [1.165, 1.54) is 0 Å². The van der Waals surface area contributed by atoms with Gasteiger partial charge < -0.3 is 38.9 Å². The Morgan fingerprint density at radius 1 is 0.867 bits per heavy atom. The second-order valence-electron chi connectivity index (χ2n) is 2.42. The molecule has 0 rings (SSSR count). The van der Waals surface area contributed by atoms with Gasteiger partial charge in [-0.25, -0.2) is 0 Å². The summed E-state index contributed by atoms with van der Waals surface area (Å²) in [5, 5.41) is 7.92. The van der Waals surface area contributed by atoms with Crippen LogP contribution in [0.5, 0.6) is 0 Å². The lowest BCUT2D eigenvalue weighted by atomic mass is 10.7. The van der Waals surface area contributed by atoms with E-state index in [9.17, 15) is 0 Å². The number of hydrogen-bond donors (Lipinski definition) is 7. The number of hydrogen-bond acceptors (Lipinski definition) is 7. The SMILES string of the molecule is C=C(N)NC(=C)NCN.C=C(N)NCN.